The fourth-order valence-electron chi connectivity index (χ4n) is 4.32. The molecule has 208 valence electrons. The third kappa shape index (κ3) is 8.50. The van der Waals surface area contributed by atoms with Crippen molar-refractivity contribution in [1.29, 1.82) is 0 Å². The molecule has 2 aromatic carbocycles. The summed E-state index contributed by atoms with van der Waals surface area (Å²) in [5.74, 6) is -0.888. The van der Waals surface area contributed by atoms with Crippen LogP contribution in [0.5, 0.6) is 5.75 Å². The number of aromatic hydroxyl groups is 1. The number of aryl methyl sites for hydroxylation is 2. The summed E-state index contributed by atoms with van der Waals surface area (Å²) < 4.78 is 5.42. The zero-order valence-corrected chi connectivity index (χ0v) is 23.9. The highest BCUT2D eigenvalue weighted by Crippen LogP contribution is 2.32. The van der Waals surface area contributed by atoms with E-state index in [4.69, 9.17) is 4.74 Å². The van der Waals surface area contributed by atoms with Gasteiger partial charge < -0.3 is 25.4 Å². The summed E-state index contributed by atoms with van der Waals surface area (Å²) in [4.78, 5) is 42.1. The summed E-state index contributed by atoms with van der Waals surface area (Å²) >= 11 is 0. The number of carbonyl (C=O) groups excluding carboxylic acids is 3. The van der Waals surface area contributed by atoms with Gasteiger partial charge in [0.15, 0.2) is 0 Å². The Kier molecular flexibility index (Phi) is 10.7. The van der Waals surface area contributed by atoms with Crippen LogP contribution in [0.4, 0.5) is 10.5 Å². The van der Waals surface area contributed by atoms with Crippen molar-refractivity contribution < 1.29 is 24.2 Å². The van der Waals surface area contributed by atoms with Crippen molar-refractivity contribution in [3.05, 3.63) is 59.2 Å². The number of phenolic OH excluding ortho intramolecular Hbond substituents is 1. The Morgan fingerprint density at radius 2 is 1.61 bits per heavy atom. The number of nitrogens with zero attached hydrogens (tertiary/aromatic N) is 1. The van der Waals surface area contributed by atoms with E-state index in [0.29, 0.717) is 24.1 Å². The maximum atomic E-state index is 14.1. The molecule has 3 amide bonds. The first kappa shape index (κ1) is 30.7. The number of rotatable bonds is 10. The van der Waals surface area contributed by atoms with E-state index in [1.807, 2.05) is 52.8 Å². The lowest BCUT2D eigenvalue weighted by Crippen LogP contribution is -2.53. The van der Waals surface area contributed by atoms with Gasteiger partial charge in [-0.2, -0.15) is 0 Å². The fraction of sp³-hybridized carbons (Fsp3) is 0.500. The number of alkyl carbamates (subject to hydrolysis) is 1. The smallest absolute Gasteiger partial charge is 0.408 e. The number of phenols is 1. The highest BCUT2D eigenvalue weighted by Gasteiger charge is 2.37. The van der Waals surface area contributed by atoms with Gasteiger partial charge in [0.2, 0.25) is 5.91 Å². The number of nitrogens with one attached hydrogen (secondary N) is 2. The molecule has 0 aromatic heterocycles. The van der Waals surface area contributed by atoms with Crippen LogP contribution in [0.25, 0.3) is 0 Å². The number of amides is 3. The molecule has 38 heavy (non-hydrogen) atoms. The van der Waals surface area contributed by atoms with Crippen LogP contribution >= 0.6 is 0 Å². The largest absolute Gasteiger partial charge is 0.508 e. The topological polar surface area (TPSA) is 108 Å². The van der Waals surface area contributed by atoms with E-state index in [9.17, 15) is 19.5 Å². The van der Waals surface area contributed by atoms with Crippen molar-refractivity contribution in [2.24, 2.45) is 5.92 Å². The summed E-state index contributed by atoms with van der Waals surface area (Å²) in [7, 11) is 0. The van der Waals surface area contributed by atoms with E-state index in [1.54, 1.807) is 39.0 Å². The van der Waals surface area contributed by atoms with Gasteiger partial charge in [-0.15, -0.1) is 0 Å². The van der Waals surface area contributed by atoms with Gasteiger partial charge in [-0.05, 0) is 70.6 Å². The highest BCUT2D eigenvalue weighted by atomic mass is 16.6. The molecule has 0 spiro atoms. The van der Waals surface area contributed by atoms with Gasteiger partial charge in [0.25, 0.3) is 5.91 Å². The maximum Gasteiger partial charge on any atom is 0.408 e. The van der Waals surface area contributed by atoms with Crippen molar-refractivity contribution in [3.8, 4) is 5.75 Å². The molecule has 0 radical (unpaired) electrons. The van der Waals surface area contributed by atoms with Crippen molar-refractivity contribution in [3.63, 3.8) is 0 Å². The molecule has 0 fully saturated rings. The predicted molar refractivity (Wildman–Crippen MR) is 150 cm³/mol. The van der Waals surface area contributed by atoms with Crippen LogP contribution in [-0.2, 0) is 14.3 Å². The van der Waals surface area contributed by atoms with Crippen LogP contribution < -0.4 is 10.6 Å². The molecule has 0 heterocycles. The molecule has 8 nitrogen and oxygen atoms in total. The highest BCUT2D eigenvalue weighted by molar-refractivity contribution is 6.00. The number of ether oxygens (including phenoxy) is 1. The molecule has 3 N–H and O–H groups in total. The summed E-state index contributed by atoms with van der Waals surface area (Å²) in [5.41, 5.74) is 1.99. The minimum absolute atomic E-state index is 0.0781. The number of benzene rings is 2. The molecule has 0 aliphatic heterocycles. The van der Waals surface area contributed by atoms with Crippen LogP contribution in [-0.4, -0.2) is 46.1 Å². The first-order valence-corrected chi connectivity index (χ1v) is 13.2. The first-order chi connectivity index (χ1) is 17.7. The number of hydrogen-bond acceptors (Lipinski definition) is 5. The molecule has 0 bridgehead atoms. The van der Waals surface area contributed by atoms with Gasteiger partial charge in [0.05, 0.1) is 0 Å². The molecule has 2 aromatic rings. The molecule has 2 atom stereocenters. The third-order valence-electron chi connectivity index (χ3n) is 5.96. The first-order valence-electron chi connectivity index (χ1n) is 13.2. The molecule has 0 saturated heterocycles. The molecule has 0 aliphatic rings. The number of hydrogen-bond donors (Lipinski definition) is 3. The van der Waals surface area contributed by atoms with Crippen LogP contribution in [0.15, 0.2) is 42.5 Å². The Hall–Kier alpha value is -3.55. The minimum atomic E-state index is -1.13. The summed E-state index contributed by atoms with van der Waals surface area (Å²) in [6.07, 6.45) is 0.213. The lowest BCUT2D eigenvalue weighted by molar-refractivity contribution is -0.141. The molecule has 8 heteroatoms. The Bertz CT molecular complexity index is 1100. The van der Waals surface area contributed by atoms with E-state index in [-0.39, 0.29) is 18.2 Å². The monoisotopic (exact) mass is 525 g/mol. The minimum Gasteiger partial charge on any atom is -0.508 e. The van der Waals surface area contributed by atoms with Gasteiger partial charge in [-0.1, -0.05) is 57.2 Å². The lowest BCUT2D eigenvalue weighted by Gasteiger charge is -2.35. The zero-order chi connectivity index (χ0) is 28.6. The summed E-state index contributed by atoms with van der Waals surface area (Å²) in [5, 5.41) is 16.5. The van der Waals surface area contributed by atoms with E-state index >= 15 is 0 Å². The molecule has 0 saturated carbocycles. The SMILES string of the molecule is CCCN(C(=O)C(CC(C)C)NC(=O)OC(C)(C)C)C(C(=O)Nc1c(C)cccc1C)c1ccccc1O. The van der Waals surface area contributed by atoms with Crippen LogP contribution in [0, 0.1) is 19.8 Å². The molecule has 0 aliphatic carbocycles. The van der Waals surface area contributed by atoms with Crippen LogP contribution in [0.2, 0.25) is 0 Å². The van der Waals surface area contributed by atoms with E-state index < -0.39 is 35.6 Å². The normalized spacial score (nSPS) is 13.0. The molecular formula is C30H43N3O5. The van der Waals surface area contributed by atoms with E-state index in [1.165, 1.54) is 11.0 Å². The summed E-state index contributed by atoms with van der Waals surface area (Å²) in [6, 6.07) is 10.2. The molecule has 2 rings (SSSR count). The molecule has 2 unspecified atom stereocenters. The van der Waals surface area contributed by atoms with Gasteiger partial charge in [-0.3, -0.25) is 9.59 Å². The number of carbonyl (C=O) groups is 3. The van der Waals surface area contributed by atoms with E-state index in [2.05, 4.69) is 10.6 Å². The van der Waals surface area contributed by atoms with Crippen molar-refractivity contribution in [2.45, 2.75) is 85.9 Å². The van der Waals surface area contributed by atoms with Gasteiger partial charge >= 0.3 is 6.09 Å². The van der Waals surface area contributed by atoms with Crippen molar-refractivity contribution >= 4 is 23.6 Å². The van der Waals surface area contributed by atoms with Gasteiger partial charge in [0.1, 0.15) is 23.4 Å². The van der Waals surface area contributed by atoms with Crippen molar-refractivity contribution in [2.75, 3.05) is 11.9 Å². The quantitative estimate of drug-likeness (QED) is 0.360. The second-order valence-electron chi connectivity index (χ2n) is 11.1. The Balaban J connectivity index is 2.55. The molecular weight excluding hydrogens is 482 g/mol. The van der Waals surface area contributed by atoms with Crippen LogP contribution in [0.3, 0.4) is 0 Å². The Labute approximate surface area is 226 Å². The number of anilines is 1. The average Bonchev–Trinajstić information content (AvgIpc) is 2.80. The van der Waals surface area contributed by atoms with Gasteiger partial charge in [-0.25, -0.2) is 4.79 Å². The number of para-hydroxylation sites is 2. The second-order valence-corrected chi connectivity index (χ2v) is 11.1. The second kappa shape index (κ2) is 13.3. The van der Waals surface area contributed by atoms with Gasteiger partial charge in [0, 0.05) is 17.8 Å². The Morgan fingerprint density at radius 1 is 1.00 bits per heavy atom. The standard InChI is InChI=1S/C30H43N3O5/c1-9-17-33(28(36)23(18-19(2)3)31-29(37)38-30(6,7)8)26(22-15-10-11-16-24(22)34)27(35)32-25-20(4)13-12-14-21(25)5/h10-16,19,23,26,34H,9,17-18H2,1-8H3,(H,31,37)(H,32,35). The van der Waals surface area contributed by atoms with Crippen molar-refractivity contribution in [1.82, 2.24) is 10.2 Å². The third-order valence-corrected chi connectivity index (χ3v) is 5.96. The zero-order valence-electron chi connectivity index (χ0n) is 23.9. The maximum absolute atomic E-state index is 14.1. The van der Waals surface area contributed by atoms with Crippen LogP contribution in [0.1, 0.15) is 77.1 Å². The lowest BCUT2D eigenvalue weighted by atomic mass is 9.98. The van der Waals surface area contributed by atoms with E-state index in [0.717, 1.165) is 11.1 Å². The Morgan fingerprint density at radius 3 is 2.13 bits per heavy atom. The average molecular weight is 526 g/mol. The predicted octanol–water partition coefficient (Wildman–Crippen LogP) is 5.87. The fourth-order valence-corrected chi connectivity index (χ4v) is 4.32. The summed E-state index contributed by atoms with van der Waals surface area (Å²) in [6.45, 7) is 15.1.